The van der Waals surface area contributed by atoms with Gasteiger partial charge in [0.25, 0.3) is 0 Å². The van der Waals surface area contributed by atoms with Crippen LogP contribution in [-0.2, 0) is 15.0 Å². The second kappa shape index (κ2) is 8.03. The molecule has 0 bridgehead atoms. The Morgan fingerprint density at radius 3 is 2.20 bits per heavy atom. The first kappa shape index (κ1) is 17.5. The quantitative estimate of drug-likeness (QED) is 0.515. The average molecular weight is 562 g/mol. The Kier molecular flexibility index (Phi) is 7.03. The Labute approximate surface area is 139 Å². The van der Waals surface area contributed by atoms with Crippen molar-refractivity contribution in [1.82, 2.24) is 0 Å². The van der Waals surface area contributed by atoms with Crippen molar-refractivity contribution in [3.8, 4) is 11.5 Å². The van der Waals surface area contributed by atoms with E-state index in [1.807, 2.05) is 0 Å². The number of hydrogen-bond donors (Lipinski definition) is 0. The predicted octanol–water partition coefficient (Wildman–Crippen LogP) is 2.60. The number of methoxy groups -OCH3 is 1. The van der Waals surface area contributed by atoms with Gasteiger partial charge in [0, 0.05) is 0 Å². The first-order valence-corrected chi connectivity index (χ1v) is 11.2. The predicted molar refractivity (Wildman–Crippen MR) is 75.6 cm³/mol. The van der Waals surface area contributed by atoms with Crippen LogP contribution >= 0.6 is 27.5 Å². The number of halogens is 2. The van der Waals surface area contributed by atoms with Crippen LogP contribution in [0.4, 0.5) is 0 Å². The van der Waals surface area contributed by atoms with Gasteiger partial charge in [0.2, 0.25) is 0 Å². The number of rotatable bonds is 5. The van der Waals surface area contributed by atoms with E-state index in [-0.39, 0.29) is 10.8 Å². The molecule has 0 aliphatic rings. The van der Waals surface area contributed by atoms with Gasteiger partial charge >= 0.3 is 140 Å². The molecule has 9 heteroatoms. The summed E-state index contributed by atoms with van der Waals surface area (Å²) in [4.78, 5) is 22.0. The van der Waals surface area contributed by atoms with E-state index >= 15 is 0 Å². The van der Waals surface area contributed by atoms with Crippen molar-refractivity contribution in [1.29, 1.82) is 0 Å². The number of ether oxygens (including phenoxy) is 1. The number of hydrogen-bond acceptors (Lipinski definition) is 6. The fourth-order valence-corrected chi connectivity index (χ4v) is 6.01. The third kappa shape index (κ3) is 5.45. The van der Waals surface area contributed by atoms with Crippen molar-refractivity contribution in [2.45, 2.75) is 13.8 Å². The van der Waals surface area contributed by atoms with Crippen LogP contribution in [0.5, 0.6) is 11.5 Å². The molecule has 1 aromatic rings. The van der Waals surface area contributed by atoms with E-state index in [2.05, 4.69) is 15.9 Å². The molecule has 1 aromatic carbocycles. The Morgan fingerprint density at radius 1 is 1.20 bits per heavy atom. The van der Waals surface area contributed by atoms with E-state index in [4.69, 9.17) is 24.4 Å². The molecule has 1 rings (SSSR count). The van der Waals surface area contributed by atoms with Crippen LogP contribution in [-0.4, -0.2) is 43.1 Å². The molecular weight excluding hydrogens is 551 g/mol. The van der Waals surface area contributed by atoms with Crippen LogP contribution < -0.4 is 7.42 Å². The van der Waals surface area contributed by atoms with Crippen LogP contribution in [0.25, 0.3) is 0 Å². The van der Waals surface area contributed by atoms with Crippen molar-refractivity contribution in [3.05, 3.63) is 21.6 Å². The van der Waals surface area contributed by atoms with Crippen LogP contribution in [0.2, 0.25) is 5.02 Å². The van der Waals surface area contributed by atoms with Gasteiger partial charge in [-0.15, -0.1) is 0 Å². The first-order chi connectivity index (χ1) is 9.33. The molecule has 0 amide bonds. The standard InChI is InChI=1S/C7H6BrClO2.2C2H4O2.Pb/c1-11-6-3-4(8)2-5(9)7(6)10;2*1-2(3)4;/h2-3,10H,1H3;2*1H3,(H,3,4);/q;;;+3/p-3. The zero-order valence-corrected chi connectivity index (χ0v) is 17.1. The summed E-state index contributed by atoms with van der Waals surface area (Å²) in [5.41, 5.74) is 0. The molecule has 0 aromatic heterocycles. The summed E-state index contributed by atoms with van der Waals surface area (Å²) in [7, 11) is 1.44. The SMILES string of the molecule is COc1cc(Br)cc(Cl)c1[O][Pb]([O]C(C)=O)[O]C(C)=O. The van der Waals surface area contributed by atoms with Gasteiger partial charge in [-0.3, -0.25) is 0 Å². The minimum atomic E-state index is -3.84. The Bertz CT molecular complexity index is 508. The van der Waals surface area contributed by atoms with Crippen LogP contribution in [0.15, 0.2) is 16.6 Å². The molecule has 0 unspecified atom stereocenters. The topological polar surface area (TPSA) is 71.1 Å². The van der Waals surface area contributed by atoms with E-state index in [0.717, 1.165) is 0 Å². The van der Waals surface area contributed by atoms with Crippen LogP contribution in [0, 0.1) is 0 Å². The molecular formula is C11H11BrClO6Pb. The summed E-state index contributed by atoms with van der Waals surface area (Å²) >= 11 is 5.47. The van der Waals surface area contributed by atoms with Crippen molar-refractivity contribution in [2.75, 3.05) is 7.11 Å². The van der Waals surface area contributed by atoms with E-state index in [1.165, 1.54) is 21.0 Å². The van der Waals surface area contributed by atoms with E-state index in [0.29, 0.717) is 10.2 Å². The summed E-state index contributed by atoms with van der Waals surface area (Å²) in [6.07, 6.45) is 0. The molecule has 0 aliphatic carbocycles. The van der Waals surface area contributed by atoms with Crippen molar-refractivity contribution in [3.63, 3.8) is 0 Å². The molecule has 0 N–H and O–H groups in total. The zero-order chi connectivity index (χ0) is 15.3. The molecule has 0 heterocycles. The van der Waals surface area contributed by atoms with Crippen molar-refractivity contribution >= 4 is 63.5 Å². The Balaban J connectivity index is 3.03. The van der Waals surface area contributed by atoms with E-state index in [9.17, 15) is 9.59 Å². The fourth-order valence-electron chi connectivity index (χ4n) is 1.17. The summed E-state index contributed by atoms with van der Waals surface area (Å²) in [5.74, 6) is -0.644. The molecule has 1 radical (unpaired) electrons. The van der Waals surface area contributed by atoms with Gasteiger partial charge in [-0.2, -0.15) is 0 Å². The molecule has 0 saturated carbocycles. The molecule has 0 atom stereocenters. The molecule has 0 saturated heterocycles. The van der Waals surface area contributed by atoms with E-state index < -0.39 is 36.0 Å². The monoisotopic (exact) mass is 561 g/mol. The second-order valence-electron chi connectivity index (χ2n) is 3.46. The number of carbonyl (C=O) groups is 2. The van der Waals surface area contributed by atoms with Gasteiger partial charge < -0.3 is 0 Å². The maximum atomic E-state index is 11.0. The Hall–Kier alpha value is -0.548. The van der Waals surface area contributed by atoms with Gasteiger partial charge in [-0.05, 0) is 0 Å². The molecule has 0 fully saturated rings. The summed E-state index contributed by atoms with van der Waals surface area (Å²) in [6.45, 7) is 2.41. The minimum absolute atomic E-state index is 0.182. The molecule has 109 valence electrons. The number of carbonyl (C=O) groups excluding carboxylic acids is 2. The van der Waals surface area contributed by atoms with Gasteiger partial charge in [0.1, 0.15) is 0 Å². The number of benzene rings is 1. The molecule has 6 nitrogen and oxygen atoms in total. The fraction of sp³-hybridized carbons (Fsp3) is 0.273. The second-order valence-corrected chi connectivity index (χ2v) is 9.11. The van der Waals surface area contributed by atoms with Crippen molar-refractivity contribution < 1.29 is 22.4 Å². The van der Waals surface area contributed by atoms with Crippen LogP contribution in [0.3, 0.4) is 0 Å². The molecule has 0 spiro atoms. The van der Waals surface area contributed by atoms with Gasteiger partial charge in [-0.1, -0.05) is 0 Å². The Morgan fingerprint density at radius 2 is 1.75 bits per heavy atom. The van der Waals surface area contributed by atoms with Crippen LogP contribution in [0.1, 0.15) is 13.8 Å². The normalized spacial score (nSPS) is 10.1. The van der Waals surface area contributed by atoms with E-state index in [1.54, 1.807) is 12.1 Å². The average Bonchev–Trinajstić information content (AvgIpc) is 2.30. The summed E-state index contributed by atoms with van der Waals surface area (Å²) in [5, 5.41) is 0.248. The summed E-state index contributed by atoms with van der Waals surface area (Å²) in [6, 6.07) is 3.22. The zero-order valence-electron chi connectivity index (χ0n) is 10.9. The summed E-state index contributed by atoms with van der Waals surface area (Å²) < 4.78 is 21.2. The third-order valence-electron chi connectivity index (χ3n) is 1.83. The maximum absolute atomic E-state index is 11.0. The van der Waals surface area contributed by atoms with Gasteiger partial charge in [0.05, 0.1) is 0 Å². The third-order valence-corrected chi connectivity index (χ3v) is 7.54. The van der Waals surface area contributed by atoms with Crippen molar-refractivity contribution in [2.24, 2.45) is 0 Å². The molecule has 20 heavy (non-hydrogen) atoms. The first-order valence-electron chi connectivity index (χ1n) is 5.28. The van der Waals surface area contributed by atoms with Gasteiger partial charge in [-0.25, -0.2) is 0 Å². The van der Waals surface area contributed by atoms with Gasteiger partial charge in [0.15, 0.2) is 0 Å². The molecule has 0 aliphatic heterocycles.